The summed E-state index contributed by atoms with van der Waals surface area (Å²) in [4.78, 5) is 11.8. The highest BCUT2D eigenvalue weighted by molar-refractivity contribution is 6.40. The summed E-state index contributed by atoms with van der Waals surface area (Å²) in [5.41, 5.74) is 6.15. The first-order chi connectivity index (χ1) is 13.8. The van der Waals surface area contributed by atoms with Gasteiger partial charge < -0.3 is 31.3 Å². The Bertz CT molecular complexity index is 747. The van der Waals surface area contributed by atoms with Gasteiger partial charge in [0.25, 0.3) is 0 Å². The van der Waals surface area contributed by atoms with Crippen molar-refractivity contribution in [1.29, 1.82) is 0 Å². The third-order valence-electron chi connectivity index (χ3n) is 5.01. The number of aliphatic hydroxyl groups excluding tert-OH is 1. The van der Waals surface area contributed by atoms with Gasteiger partial charge in [-0.05, 0) is 23.9 Å². The Labute approximate surface area is 171 Å². The molecule has 1 unspecified atom stereocenters. The van der Waals surface area contributed by atoms with Crippen molar-refractivity contribution in [3.8, 4) is 0 Å². The Kier molecular flexibility index (Phi) is 8.82. The minimum atomic E-state index is -1.54. The van der Waals surface area contributed by atoms with Crippen LogP contribution in [0.3, 0.4) is 0 Å². The van der Waals surface area contributed by atoms with Gasteiger partial charge in [0.05, 0.1) is 12.1 Å². The Morgan fingerprint density at radius 3 is 2.07 bits per heavy atom. The smallest absolute Gasteiger partial charge is 0.451 e. The van der Waals surface area contributed by atoms with E-state index in [0.29, 0.717) is 18.4 Å². The van der Waals surface area contributed by atoms with Crippen molar-refractivity contribution in [1.82, 2.24) is 5.32 Å². The molecule has 7 N–H and O–H groups in total. The summed E-state index contributed by atoms with van der Waals surface area (Å²) in [6.45, 7) is -0.0481. The molecule has 0 aliphatic heterocycles. The molecule has 0 fully saturated rings. The van der Waals surface area contributed by atoms with Crippen molar-refractivity contribution >= 4 is 13.1 Å². The van der Waals surface area contributed by atoms with Crippen molar-refractivity contribution in [3.05, 3.63) is 71.8 Å². The Hall–Kier alpha value is -2.23. The van der Waals surface area contributed by atoms with Crippen LogP contribution in [0.15, 0.2) is 60.7 Å². The maximum absolute atomic E-state index is 11.8. The summed E-state index contributed by atoms with van der Waals surface area (Å²) >= 11 is 0. The number of rotatable bonds is 12. The van der Waals surface area contributed by atoms with Gasteiger partial charge in [-0.15, -0.1) is 0 Å². The van der Waals surface area contributed by atoms with Crippen LogP contribution in [0, 0.1) is 0 Å². The number of hydrogen-bond donors (Lipinski definition) is 6. The second-order valence-corrected chi connectivity index (χ2v) is 7.31. The number of carboxylic acids is 1. The molecule has 0 amide bonds. The fourth-order valence-electron chi connectivity index (χ4n) is 3.25. The van der Waals surface area contributed by atoms with Gasteiger partial charge in [0.1, 0.15) is 5.54 Å². The molecule has 0 radical (unpaired) electrons. The summed E-state index contributed by atoms with van der Waals surface area (Å²) in [6, 6.07) is 17.9. The van der Waals surface area contributed by atoms with Crippen molar-refractivity contribution in [3.63, 3.8) is 0 Å². The van der Waals surface area contributed by atoms with E-state index in [1.165, 1.54) is 0 Å². The number of nitrogens with one attached hydrogen (secondary N) is 1. The van der Waals surface area contributed by atoms with E-state index in [1.54, 1.807) is 0 Å². The van der Waals surface area contributed by atoms with Gasteiger partial charge in [-0.3, -0.25) is 4.79 Å². The number of carboxylic acid groups (broad SMARTS) is 1. The van der Waals surface area contributed by atoms with Crippen LogP contribution in [0.2, 0.25) is 6.32 Å². The normalized spacial score (nSPS) is 15.3. The van der Waals surface area contributed by atoms with Crippen molar-refractivity contribution in [2.45, 2.75) is 43.3 Å². The summed E-state index contributed by atoms with van der Waals surface area (Å²) < 4.78 is 0. The molecule has 2 rings (SSSR count). The first kappa shape index (κ1) is 23.1. The summed E-state index contributed by atoms with van der Waals surface area (Å²) in [7, 11) is -1.41. The van der Waals surface area contributed by atoms with E-state index in [1.807, 2.05) is 60.7 Å². The van der Waals surface area contributed by atoms with Crippen molar-refractivity contribution in [2.75, 3.05) is 6.54 Å². The predicted octanol–water partition coefficient (Wildman–Crippen LogP) is 1.48. The minimum absolute atomic E-state index is 0.0481. The molecule has 0 heterocycles. The number of nitrogens with two attached hydrogens (primary N) is 1. The number of aliphatic hydroxyl groups is 1. The first-order valence-corrected chi connectivity index (χ1v) is 9.73. The van der Waals surface area contributed by atoms with E-state index < -0.39 is 30.8 Å². The summed E-state index contributed by atoms with van der Waals surface area (Å²) in [5, 5.41) is 41.6. The van der Waals surface area contributed by atoms with E-state index in [0.717, 1.165) is 5.56 Å². The van der Waals surface area contributed by atoms with Crippen LogP contribution in [-0.4, -0.2) is 45.4 Å². The van der Waals surface area contributed by atoms with Crippen LogP contribution in [0.25, 0.3) is 0 Å². The average Bonchev–Trinajstić information content (AvgIpc) is 2.72. The molecule has 2 aromatic rings. The van der Waals surface area contributed by atoms with E-state index in [9.17, 15) is 15.0 Å². The fourth-order valence-corrected chi connectivity index (χ4v) is 3.25. The van der Waals surface area contributed by atoms with Crippen LogP contribution in [0.1, 0.15) is 42.5 Å². The number of benzene rings is 2. The van der Waals surface area contributed by atoms with E-state index in [-0.39, 0.29) is 19.3 Å². The quantitative estimate of drug-likeness (QED) is 0.235. The summed E-state index contributed by atoms with van der Waals surface area (Å²) in [5.74, 6) is -1.14. The fraction of sp³-hybridized carbons (Fsp3) is 0.381. The topological polar surface area (TPSA) is 136 Å². The first-order valence-electron chi connectivity index (χ1n) is 9.73. The Balaban J connectivity index is 2.13. The van der Waals surface area contributed by atoms with Crippen molar-refractivity contribution < 1.29 is 25.1 Å². The zero-order valence-corrected chi connectivity index (χ0v) is 16.3. The van der Waals surface area contributed by atoms with Gasteiger partial charge in [0.2, 0.25) is 0 Å². The average molecular weight is 400 g/mol. The van der Waals surface area contributed by atoms with Gasteiger partial charge in [0, 0.05) is 6.54 Å². The molecule has 0 saturated carbocycles. The van der Waals surface area contributed by atoms with E-state index in [4.69, 9.17) is 15.8 Å². The lowest BCUT2D eigenvalue weighted by Crippen LogP contribution is -2.56. The molecule has 0 saturated heterocycles. The standard InChI is InChI=1S/C21H29BN2O5/c23-21(20(26)27,13-7-8-14-22(28)29)15-24-18(16-9-3-1-4-10-16)19(25)17-11-5-2-6-12-17/h1-6,9-12,18-19,24-25,28-29H,7-8,13-15,23H2,(H,26,27)/t18-,19-,21?/m0/s1. The predicted molar refractivity (Wildman–Crippen MR) is 112 cm³/mol. The minimum Gasteiger partial charge on any atom is -0.480 e. The highest BCUT2D eigenvalue weighted by Crippen LogP contribution is 2.29. The number of aliphatic carboxylic acids is 1. The molecule has 7 nitrogen and oxygen atoms in total. The van der Waals surface area contributed by atoms with Crippen LogP contribution in [-0.2, 0) is 4.79 Å². The third kappa shape index (κ3) is 6.95. The Morgan fingerprint density at radius 1 is 1.00 bits per heavy atom. The zero-order chi connectivity index (χ0) is 21.3. The molecule has 0 bridgehead atoms. The lowest BCUT2D eigenvalue weighted by Gasteiger charge is -2.31. The lowest BCUT2D eigenvalue weighted by atomic mass is 9.82. The summed E-state index contributed by atoms with van der Waals surface area (Å²) in [6.07, 6.45) is 0.354. The molecule has 3 atom stereocenters. The maximum atomic E-state index is 11.8. The highest BCUT2D eigenvalue weighted by atomic mass is 16.4. The molecule has 29 heavy (non-hydrogen) atoms. The largest absolute Gasteiger partial charge is 0.480 e. The number of hydrogen-bond acceptors (Lipinski definition) is 6. The molecule has 8 heteroatoms. The van der Waals surface area contributed by atoms with Crippen LogP contribution < -0.4 is 11.1 Å². The highest BCUT2D eigenvalue weighted by Gasteiger charge is 2.35. The van der Waals surface area contributed by atoms with Gasteiger partial charge in [-0.2, -0.15) is 0 Å². The second-order valence-electron chi connectivity index (χ2n) is 7.31. The Morgan fingerprint density at radius 2 is 1.55 bits per heavy atom. The SMILES string of the molecule is NC(CCCCB(O)O)(CN[C@@H](c1ccccc1)[C@@H](O)c1ccccc1)C(=O)O. The molecule has 156 valence electrons. The van der Waals surface area contributed by atoms with E-state index >= 15 is 0 Å². The molecule has 2 aromatic carbocycles. The van der Waals surface area contributed by atoms with Gasteiger partial charge in [0.15, 0.2) is 0 Å². The molecule has 0 aliphatic rings. The second kappa shape index (κ2) is 11.1. The van der Waals surface area contributed by atoms with E-state index in [2.05, 4.69) is 5.32 Å². The maximum Gasteiger partial charge on any atom is 0.451 e. The van der Waals surface area contributed by atoms with Gasteiger partial charge in [-0.25, -0.2) is 0 Å². The van der Waals surface area contributed by atoms with Gasteiger partial charge in [-0.1, -0.05) is 73.5 Å². The zero-order valence-electron chi connectivity index (χ0n) is 16.3. The third-order valence-corrected chi connectivity index (χ3v) is 5.01. The van der Waals surface area contributed by atoms with Crippen LogP contribution in [0.4, 0.5) is 0 Å². The van der Waals surface area contributed by atoms with Crippen LogP contribution >= 0.6 is 0 Å². The molecule has 0 spiro atoms. The van der Waals surface area contributed by atoms with Crippen LogP contribution in [0.5, 0.6) is 0 Å². The van der Waals surface area contributed by atoms with Crippen molar-refractivity contribution in [2.24, 2.45) is 5.73 Å². The molecule has 0 aromatic heterocycles. The number of carbonyl (C=O) groups is 1. The lowest BCUT2D eigenvalue weighted by molar-refractivity contribution is -0.143. The van der Waals surface area contributed by atoms with Gasteiger partial charge >= 0.3 is 13.1 Å². The number of unbranched alkanes of at least 4 members (excludes halogenated alkanes) is 1. The molecular formula is C21H29BN2O5. The molecular weight excluding hydrogens is 371 g/mol. The molecule has 0 aliphatic carbocycles. The monoisotopic (exact) mass is 400 g/mol.